The molecule has 0 aromatic heterocycles. The van der Waals surface area contributed by atoms with Crippen molar-refractivity contribution >= 4 is 0 Å². The number of hydrogen-bond donors (Lipinski definition) is 0. The van der Waals surface area contributed by atoms with Gasteiger partial charge in [-0.15, -0.1) is 0 Å². The van der Waals surface area contributed by atoms with Gasteiger partial charge in [-0.3, -0.25) is 0 Å². The minimum absolute atomic E-state index is 0.00176. The number of nitrogens with zero attached hydrogens (tertiary/aromatic N) is 1. The maximum atomic E-state index is 13.6. The van der Waals surface area contributed by atoms with Crippen LogP contribution in [-0.2, 0) is 6.18 Å². The second kappa shape index (κ2) is 4.73. The largest absolute Gasteiger partial charge is 0.416 e. The highest BCUT2D eigenvalue weighted by Crippen LogP contribution is 2.34. The van der Waals surface area contributed by atoms with Crippen LogP contribution in [0.25, 0.3) is 11.1 Å². The third kappa shape index (κ3) is 2.58. The Labute approximate surface area is 106 Å². The maximum absolute atomic E-state index is 13.6. The van der Waals surface area contributed by atoms with Crippen molar-refractivity contribution in [1.29, 1.82) is 5.26 Å². The van der Waals surface area contributed by atoms with Crippen LogP contribution in [0, 0.1) is 17.1 Å². The van der Waals surface area contributed by atoms with Crippen molar-refractivity contribution in [2.24, 2.45) is 0 Å². The quantitative estimate of drug-likeness (QED) is 0.702. The average molecular weight is 265 g/mol. The third-order valence-corrected chi connectivity index (χ3v) is 2.63. The lowest BCUT2D eigenvalue weighted by Gasteiger charge is -2.11. The molecular formula is C14H7F4N. The minimum Gasteiger partial charge on any atom is -0.206 e. The fourth-order valence-electron chi connectivity index (χ4n) is 1.72. The van der Waals surface area contributed by atoms with E-state index < -0.39 is 17.6 Å². The monoisotopic (exact) mass is 265 g/mol. The van der Waals surface area contributed by atoms with E-state index in [1.54, 1.807) is 6.07 Å². The maximum Gasteiger partial charge on any atom is 0.416 e. The zero-order valence-corrected chi connectivity index (χ0v) is 9.50. The molecule has 0 atom stereocenters. The molecule has 0 aliphatic carbocycles. The van der Waals surface area contributed by atoms with Crippen LogP contribution in [0.1, 0.15) is 11.1 Å². The molecule has 5 heteroatoms. The summed E-state index contributed by atoms with van der Waals surface area (Å²) in [6.45, 7) is 0. The van der Waals surface area contributed by atoms with Gasteiger partial charge in [0.25, 0.3) is 0 Å². The predicted octanol–water partition coefficient (Wildman–Crippen LogP) is 4.38. The van der Waals surface area contributed by atoms with Crippen molar-refractivity contribution in [3.63, 3.8) is 0 Å². The van der Waals surface area contributed by atoms with Gasteiger partial charge in [-0.05, 0) is 24.3 Å². The van der Waals surface area contributed by atoms with Crippen molar-refractivity contribution in [2.75, 3.05) is 0 Å². The molecule has 0 saturated heterocycles. The zero-order chi connectivity index (χ0) is 14.0. The molecule has 19 heavy (non-hydrogen) atoms. The van der Waals surface area contributed by atoms with E-state index in [0.717, 1.165) is 24.3 Å². The van der Waals surface area contributed by atoms with Crippen LogP contribution < -0.4 is 0 Å². The number of alkyl halides is 3. The first-order valence-corrected chi connectivity index (χ1v) is 5.29. The number of nitriles is 1. The lowest BCUT2D eigenvalue weighted by atomic mass is 9.97. The van der Waals surface area contributed by atoms with Crippen LogP contribution in [0.3, 0.4) is 0 Å². The fraction of sp³-hybridized carbons (Fsp3) is 0.0714. The molecule has 0 fully saturated rings. The van der Waals surface area contributed by atoms with Crippen LogP contribution in [0.5, 0.6) is 0 Å². The first-order chi connectivity index (χ1) is 8.93. The first kappa shape index (κ1) is 13.1. The summed E-state index contributed by atoms with van der Waals surface area (Å²) in [5, 5.41) is 8.91. The molecule has 96 valence electrons. The SMILES string of the molecule is N#Cc1ccc(C(F)(F)F)cc1-c1ccccc1F. The summed E-state index contributed by atoms with van der Waals surface area (Å²) in [6, 6.07) is 9.81. The van der Waals surface area contributed by atoms with Crippen molar-refractivity contribution in [3.05, 3.63) is 59.4 Å². The lowest BCUT2D eigenvalue weighted by molar-refractivity contribution is -0.137. The number of hydrogen-bond acceptors (Lipinski definition) is 1. The Morgan fingerprint density at radius 2 is 1.63 bits per heavy atom. The van der Waals surface area contributed by atoms with E-state index in [1.165, 1.54) is 18.2 Å². The summed E-state index contributed by atoms with van der Waals surface area (Å²) in [5.74, 6) is -0.668. The van der Waals surface area contributed by atoms with Gasteiger partial charge in [0.1, 0.15) is 5.82 Å². The average Bonchev–Trinajstić information content (AvgIpc) is 2.37. The molecule has 0 bridgehead atoms. The van der Waals surface area contributed by atoms with E-state index in [2.05, 4.69) is 0 Å². The summed E-state index contributed by atoms with van der Waals surface area (Å²) in [5.41, 5.74) is -0.997. The molecule has 1 nitrogen and oxygen atoms in total. The molecule has 0 unspecified atom stereocenters. The summed E-state index contributed by atoms with van der Waals surface area (Å²) in [4.78, 5) is 0. The zero-order valence-electron chi connectivity index (χ0n) is 9.50. The molecule has 0 aliphatic heterocycles. The lowest BCUT2D eigenvalue weighted by Crippen LogP contribution is -2.05. The summed E-state index contributed by atoms with van der Waals surface area (Å²) >= 11 is 0. The van der Waals surface area contributed by atoms with Gasteiger partial charge in [-0.2, -0.15) is 18.4 Å². The molecule has 0 spiro atoms. The van der Waals surface area contributed by atoms with Crippen molar-refractivity contribution in [2.45, 2.75) is 6.18 Å². The topological polar surface area (TPSA) is 23.8 Å². The molecule has 0 N–H and O–H groups in total. The highest BCUT2D eigenvalue weighted by molar-refractivity contribution is 5.71. The van der Waals surface area contributed by atoms with E-state index in [4.69, 9.17) is 5.26 Å². The summed E-state index contributed by atoms with van der Waals surface area (Å²) < 4.78 is 51.6. The molecule has 0 saturated carbocycles. The van der Waals surface area contributed by atoms with E-state index in [0.29, 0.717) is 0 Å². The second-order valence-corrected chi connectivity index (χ2v) is 3.85. The summed E-state index contributed by atoms with van der Waals surface area (Å²) in [6.07, 6.45) is -4.53. The normalized spacial score (nSPS) is 11.1. The Morgan fingerprint density at radius 1 is 0.947 bits per heavy atom. The molecule has 2 aromatic rings. The highest BCUT2D eigenvalue weighted by Gasteiger charge is 2.31. The van der Waals surface area contributed by atoms with Gasteiger partial charge in [0.2, 0.25) is 0 Å². The first-order valence-electron chi connectivity index (χ1n) is 5.29. The fourth-order valence-corrected chi connectivity index (χ4v) is 1.72. The van der Waals surface area contributed by atoms with Crippen molar-refractivity contribution in [3.8, 4) is 17.2 Å². The van der Waals surface area contributed by atoms with Crippen molar-refractivity contribution in [1.82, 2.24) is 0 Å². The molecule has 2 rings (SSSR count). The van der Waals surface area contributed by atoms with Crippen molar-refractivity contribution < 1.29 is 17.6 Å². The molecule has 0 heterocycles. The van der Waals surface area contributed by atoms with Crippen LogP contribution in [-0.4, -0.2) is 0 Å². The Hall–Kier alpha value is -2.35. The van der Waals surface area contributed by atoms with E-state index in [-0.39, 0.29) is 16.7 Å². The van der Waals surface area contributed by atoms with Gasteiger partial charge in [0, 0.05) is 11.1 Å². The Morgan fingerprint density at radius 3 is 2.21 bits per heavy atom. The van der Waals surface area contributed by atoms with E-state index in [1.807, 2.05) is 0 Å². The van der Waals surface area contributed by atoms with Crippen LogP contribution in [0.2, 0.25) is 0 Å². The second-order valence-electron chi connectivity index (χ2n) is 3.85. The van der Waals surface area contributed by atoms with Gasteiger partial charge in [-0.1, -0.05) is 18.2 Å². The van der Waals surface area contributed by atoms with Crippen LogP contribution >= 0.6 is 0 Å². The molecule has 0 radical (unpaired) electrons. The van der Waals surface area contributed by atoms with Gasteiger partial charge in [0.05, 0.1) is 17.2 Å². The predicted molar refractivity (Wildman–Crippen MR) is 61.6 cm³/mol. The van der Waals surface area contributed by atoms with E-state index in [9.17, 15) is 17.6 Å². The van der Waals surface area contributed by atoms with Crippen LogP contribution in [0.4, 0.5) is 17.6 Å². The number of rotatable bonds is 1. The summed E-state index contributed by atoms with van der Waals surface area (Å²) in [7, 11) is 0. The number of benzene rings is 2. The third-order valence-electron chi connectivity index (χ3n) is 2.63. The Bertz CT molecular complexity index is 653. The van der Waals surface area contributed by atoms with Gasteiger partial charge >= 0.3 is 6.18 Å². The van der Waals surface area contributed by atoms with Gasteiger partial charge in [-0.25, -0.2) is 4.39 Å². The van der Waals surface area contributed by atoms with Crippen LogP contribution in [0.15, 0.2) is 42.5 Å². The highest BCUT2D eigenvalue weighted by atomic mass is 19.4. The smallest absolute Gasteiger partial charge is 0.206 e. The van der Waals surface area contributed by atoms with E-state index >= 15 is 0 Å². The molecular weight excluding hydrogens is 258 g/mol. The Kier molecular flexibility index (Phi) is 3.26. The molecule has 0 amide bonds. The van der Waals surface area contributed by atoms with Gasteiger partial charge in [0.15, 0.2) is 0 Å². The Balaban J connectivity index is 2.68. The molecule has 0 aliphatic rings. The van der Waals surface area contributed by atoms with Gasteiger partial charge < -0.3 is 0 Å². The standard InChI is InChI=1S/C14H7F4N/c15-13-4-2-1-3-11(13)12-7-10(14(16,17)18)6-5-9(12)8-19/h1-7H. The number of halogens is 4. The minimum atomic E-state index is -4.53. The molecule has 2 aromatic carbocycles.